The third-order valence-electron chi connectivity index (χ3n) is 2.76. The molecule has 0 heterocycles. The van der Waals surface area contributed by atoms with E-state index < -0.39 is 23.3 Å². The molecule has 7 heteroatoms. The minimum absolute atomic E-state index is 0.367. The monoisotopic (exact) mass is 254 g/mol. The fraction of sp³-hybridized carbons (Fsp3) is 0.636. The molecule has 0 atom stereocenters. The highest BCUT2D eigenvalue weighted by molar-refractivity contribution is 5.93. The van der Waals surface area contributed by atoms with Crippen LogP contribution in [0, 0.1) is 16.7 Å². The van der Waals surface area contributed by atoms with Gasteiger partial charge in [0.2, 0.25) is 5.91 Å². The van der Waals surface area contributed by atoms with Crippen LogP contribution in [-0.4, -0.2) is 50.1 Å². The second kappa shape index (κ2) is 5.49. The summed E-state index contributed by atoms with van der Waals surface area (Å²) in [7, 11) is 2.36. The zero-order valence-electron chi connectivity index (χ0n) is 10.3. The first-order valence-corrected chi connectivity index (χ1v) is 5.33. The molecule has 0 N–H and O–H groups in total. The van der Waals surface area contributed by atoms with E-state index in [1.807, 2.05) is 6.07 Å². The van der Waals surface area contributed by atoms with Gasteiger partial charge in [0, 0.05) is 0 Å². The normalized spacial score (nSPS) is 15.2. The van der Waals surface area contributed by atoms with E-state index in [-0.39, 0.29) is 13.1 Å². The van der Waals surface area contributed by atoms with Crippen molar-refractivity contribution >= 4 is 17.8 Å². The molecule has 1 saturated carbocycles. The number of methoxy groups -OCH3 is 2. The summed E-state index contributed by atoms with van der Waals surface area (Å²) in [6.45, 7) is -0.734. The Kier molecular flexibility index (Phi) is 4.26. The van der Waals surface area contributed by atoms with Gasteiger partial charge in [-0.3, -0.25) is 14.4 Å². The van der Waals surface area contributed by atoms with Gasteiger partial charge in [-0.15, -0.1) is 0 Å². The maximum Gasteiger partial charge on any atom is 0.325 e. The molecule has 1 fully saturated rings. The second-order valence-electron chi connectivity index (χ2n) is 4.01. The highest BCUT2D eigenvalue weighted by atomic mass is 16.5. The number of ether oxygens (including phenoxy) is 2. The molecule has 1 aliphatic carbocycles. The number of esters is 2. The number of rotatable bonds is 5. The lowest BCUT2D eigenvalue weighted by Crippen LogP contribution is -2.43. The Labute approximate surface area is 104 Å². The number of amides is 1. The summed E-state index contributed by atoms with van der Waals surface area (Å²) >= 11 is 0. The summed E-state index contributed by atoms with van der Waals surface area (Å²) in [5, 5.41) is 8.93. The molecular formula is C11H14N2O5. The molecule has 0 saturated heterocycles. The van der Waals surface area contributed by atoms with E-state index in [4.69, 9.17) is 5.26 Å². The van der Waals surface area contributed by atoms with Gasteiger partial charge in [-0.2, -0.15) is 5.26 Å². The highest BCUT2D eigenvalue weighted by Crippen LogP contribution is 2.46. The van der Waals surface area contributed by atoms with E-state index >= 15 is 0 Å². The van der Waals surface area contributed by atoms with E-state index in [0.29, 0.717) is 12.8 Å². The summed E-state index contributed by atoms with van der Waals surface area (Å²) in [5.41, 5.74) is -1.08. The van der Waals surface area contributed by atoms with Crippen molar-refractivity contribution in [3.8, 4) is 6.07 Å². The van der Waals surface area contributed by atoms with Crippen LogP contribution in [0.1, 0.15) is 12.8 Å². The molecule has 0 radical (unpaired) electrons. The fourth-order valence-corrected chi connectivity index (χ4v) is 1.44. The summed E-state index contributed by atoms with van der Waals surface area (Å²) in [4.78, 5) is 35.4. The first-order chi connectivity index (χ1) is 8.49. The van der Waals surface area contributed by atoms with Crippen molar-refractivity contribution in [3.05, 3.63) is 0 Å². The Morgan fingerprint density at radius 1 is 1.17 bits per heavy atom. The van der Waals surface area contributed by atoms with E-state index in [1.165, 1.54) is 14.2 Å². The Balaban J connectivity index is 2.77. The number of carbonyl (C=O) groups is 3. The number of nitriles is 1. The van der Waals surface area contributed by atoms with Gasteiger partial charge in [0.15, 0.2) is 0 Å². The van der Waals surface area contributed by atoms with Crippen LogP contribution in [0.2, 0.25) is 0 Å². The molecule has 0 aromatic heterocycles. The summed E-state index contributed by atoms with van der Waals surface area (Å²) in [5.74, 6) is -1.83. The molecule has 1 rings (SSSR count). The minimum Gasteiger partial charge on any atom is -0.468 e. The molecule has 0 aliphatic heterocycles. The quantitative estimate of drug-likeness (QED) is 0.611. The van der Waals surface area contributed by atoms with Crippen LogP contribution >= 0.6 is 0 Å². The molecule has 1 aliphatic rings. The van der Waals surface area contributed by atoms with Crippen LogP contribution in [0.3, 0.4) is 0 Å². The van der Waals surface area contributed by atoms with Crippen molar-refractivity contribution in [2.24, 2.45) is 5.41 Å². The molecule has 7 nitrogen and oxygen atoms in total. The summed E-state index contributed by atoms with van der Waals surface area (Å²) in [6, 6.07) is 1.92. The number of hydrogen-bond acceptors (Lipinski definition) is 6. The van der Waals surface area contributed by atoms with E-state index in [9.17, 15) is 14.4 Å². The molecule has 0 bridgehead atoms. The molecule has 98 valence electrons. The Bertz CT molecular complexity index is 390. The van der Waals surface area contributed by atoms with Gasteiger partial charge in [-0.05, 0) is 12.8 Å². The molecular weight excluding hydrogens is 240 g/mol. The molecule has 0 spiro atoms. The first-order valence-electron chi connectivity index (χ1n) is 5.33. The van der Waals surface area contributed by atoms with E-state index in [2.05, 4.69) is 9.47 Å². The maximum absolute atomic E-state index is 12.0. The van der Waals surface area contributed by atoms with Gasteiger partial charge in [-0.1, -0.05) is 0 Å². The summed E-state index contributed by atoms with van der Waals surface area (Å²) < 4.78 is 8.89. The molecule has 0 unspecified atom stereocenters. The average molecular weight is 254 g/mol. The minimum atomic E-state index is -1.08. The van der Waals surface area contributed by atoms with Gasteiger partial charge in [0.1, 0.15) is 18.5 Å². The van der Waals surface area contributed by atoms with Crippen LogP contribution in [0.5, 0.6) is 0 Å². The SMILES string of the molecule is COC(=O)CN(CC(=O)OC)C(=O)C1(C#N)CC1. The highest BCUT2D eigenvalue weighted by Gasteiger charge is 2.53. The topological polar surface area (TPSA) is 96.7 Å². The van der Waals surface area contributed by atoms with E-state index in [1.54, 1.807) is 0 Å². The zero-order chi connectivity index (χ0) is 13.8. The van der Waals surface area contributed by atoms with Crippen LogP contribution in [0.25, 0.3) is 0 Å². The van der Waals surface area contributed by atoms with Crippen LogP contribution < -0.4 is 0 Å². The van der Waals surface area contributed by atoms with Crippen molar-refractivity contribution in [1.82, 2.24) is 4.90 Å². The van der Waals surface area contributed by atoms with E-state index in [0.717, 1.165) is 4.90 Å². The van der Waals surface area contributed by atoms with Gasteiger partial charge in [0.25, 0.3) is 0 Å². The van der Waals surface area contributed by atoms with Crippen LogP contribution in [-0.2, 0) is 23.9 Å². The van der Waals surface area contributed by atoms with Crippen molar-refractivity contribution < 1.29 is 23.9 Å². The van der Waals surface area contributed by atoms with Gasteiger partial charge in [0.05, 0.1) is 20.3 Å². The second-order valence-corrected chi connectivity index (χ2v) is 4.01. The molecule has 0 aromatic carbocycles. The lowest BCUT2D eigenvalue weighted by Gasteiger charge is -2.22. The molecule has 0 aromatic rings. The Morgan fingerprint density at radius 3 is 1.89 bits per heavy atom. The van der Waals surface area contributed by atoms with Gasteiger partial charge >= 0.3 is 11.9 Å². The number of carbonyl (C=O) groups excluding carboxylic acids is 3. The van der Waals surface area contributed by atoms with Crippen LogP contribution in [0.15, 0.2) is 0 Å². The zero-order valence-corrected chi connectivity index (χ0v) is 10.3. The smallest absolute Gasteiger partial charge is 0.325 e. The molecule has 18 heavy (non-hydrogen) atoms. The third kappa shape index (κ3) is 2.97. The lowest BCUT2D eigenvalue weighted by atomic mass is 10.1. The fourth-order valence-electron chi connectivity index (χ4n) is 1.44. The Hall–Kier alpha value is -2.10. The number of hydrogen-bond donors (Lipinski definition) is 0. The van der Waals surface area contributed by atoms with Crippen molar-refractivity contribution in [2.45, 2.75) is 12.8 Å². The first kappa shape index (κ1) is 14.0. The summed E-state index contributed by atoms with van der Waals surface area (Å²) in [6.07, 6.45) is 0.891. The third-order valence-corrected chi connectivity index (χ3v) is 2.76. The molecule has 1 amide bonds. The Morgan fingerprint density at radius 2 is 1.61 bits per heavy atom. The predicted molar refractivity (Wildman–Crippen MR) is 57.9 cm³/mol. The van der Waals surface area contributed by atoms with Crippen molar-refractivity contribution in [1.29, 1.82) is 5.26 Å². The van der Waals surface area contributed by atoms with Crippen molar-refractivity contribution in [3.63, 3.8) is 0 Å². The van der Waals surface area contributed by atoms with Crippen LogP contribution in [0.4, 0.5) is 0 Å². The average Bonchev–Trinajstić information content (AvgIpc) is 3.17. The predicted octanol–water partition coefficient (Wildman–Crippen LogP) is -0.535. The van der Waals surface area contributed by atoms with Gasteiger partial charge < -0.3 is 14.4 Å². The lowest BCUT2D eigenvalue weighted by molar-refractivity contribution is -0.153. The van der Waals surface area contributed by atoms with Gasteiger partial charge in [-0.25, -0.2) is 0 Å². The number of nitrogens with zero attached hydrogens (tertiary/aromatic N) is 2. The van der Waals surface area contributed by atoms with Crippen molar-refractivity contribution in [2.75, 3.05) is 27.3 Å². The maximum atomic E-state index is 12.0. The largest absolute Gasteiger partial charge is 0.468 e. The standard InChI is InChI=1S/C11H14N2O5/c1-17-8(14)5-13(6-9(15)18-2)10(16)11(7-12)3-4-11/h3-6H2,1-2H3.